The number of benzene rings is 2. The molecule has 27 heavy (non-hydrogen) atoms. The largest absolute Gasteiger partial charge is 0.379 e. The Kier molecular flexibility index (Phi) is 5.62. The van der Waals surface area contributed by atoms with Crippen molar-refractivity contribution in [1.82, 2.24) is 4.90 Å². The van der Waals surface area contributed by atoms with Crippen molar-refractivity contribution in [3.8, 4) is 0 Å². The number of aryl methyl sites for hydroxylation is 1. The number of amides is 1. The molecule has 140 valence electrons. The molecule has 0 spiro atoms. The Hall–Kier alpha value is -2.08. The van der Waals surface area contributed by atoms with E-state index in [4.69, 9.17) is 4.74 Å². The third-order valence-corrected chi connectivity index (χ3v) is 6.03. The zero-order chi connectivity index (χ0) is 18.6. The summed E-state index contributed by atoms with van der Waals surface area (Å²) in [5.74, 6) is 0.0903. The van der Waals surface area contributed by atoms with Gasteiger partial charge < -0.3 is 9.64 Å². The Bertz CT molecular complexity index is 842. The number of hydrogen-bond donors (Lipinski definition) is 0. The van der Waals surface area contributed by atoms with Crippen LogP contribution in [0.3, 0.4) is 0 Å². The van der Waals surface area contributed by atoms with Crippen LogP contribution in [-0.4, -0.2) is 50.2 Å². The van der Waals surface area contributed by atoms with E-state index >= 15 is 0 Å². The second kappa shape index (κ2) is 8.30. The average Bonchev–Trinajstić information content (AvgIpc) is 2.70. The fourth-order valence-electron chi connectivity index (χ4n) is 3.36. The van der Waals surface area contributed by atoms with Gasteiger partial charge in [-0.3, -0.25) is 9.69 Å². The smallest absolute Gasteiger partial charge is 0.265 e. The van der Waals surface area contributed by atoms with E-state index < -0.39 is 0 Å². The first kappa shape index (κ1) is 18.3. The van der Waals surface area contributed by atoms with Crippen LogP contribution >= 0.6 is 11.8 Å². The Morgan fingerprint density at radius 1 is 1.04 bits per heavy atom. The number of para-hydroxylation sites is 1. The molecule has 0 radical (unpaired) electrons. The van der Waals surface area contributed by atoms with Crippen molar-refractivity contribution >= 4 is 29.4 Å². The van der Waals surface area contributed by atoms with Crippen LogP contribution in [-0.2, 0) is 9.53 Å². The molecule has 1 saturated heterocycles. The number of hydrogen-bond acceptors (Lipinski definition) is 4. The molecule has 5 heteroatoms. The van der Waals surface area contributed by atoms with Crippen LogP contribution in [0.25, 0.3) is 6.08 Å². The Labute approximate surface area is 164 Å². The molecule has 1 amide bonds. The summed E-state index contributed by atoms with van der Waals surface area (Å²) >= 11 is 1.57. The predicted octanol–water partition coefficient (Wildman–Crippen LogP) is 3.81. The minimum absolute atomic E-state index is 0.0903. The summed E-state index contributed by atoms with van der Waals surface area (Å²) in [7, 11) is 0. The molecule has 2 aliphatic rings. The standard InChI is InChI=1S/C22H24N2O2S/c1-17-6-8-18(9-7-17)16-21-22(25)24(11-10-23-12-14-26-15-13-23)19-4-2-3-5-20(19)27-21/h2-9,16H,10-15H2,1H3. The molecule has 0 atom stereocenters. The van der Waals surface area contributed by atoms with Crippen LogP contribution in [0.15, 0.2) is 58.3 Å². The average molecular weight is 381 g/mol. The van der Waals surface area contributed by atoms with Crippen LogP contribution in [0.4, 0.5) is 5.69 Å². The summed E-state index contributed by atoms with van der Waals surface area (Å²) in [6, 6.07) is 16.5. The Morgan fingerprint density at radius 2 is 1.78 bits per heavy atom. The van der Waals surface area contributed by atoms with Gasteiger partial charge in [-0.05, 0) is 30.7 Å². The predicted molar refractivity (Wildman–Crippen MR) is 111 cm³/mol. The highest BCUT2D eigenvalue weighted by molar-refractivity contribution is 8.04. The molecule has 0 bridgehead atoms. The topological polar surface area (TPSA) is 32.8 Å². The Morgan fingerprint density at radius 3 is 2.56 bits per heavy atom. The lowest BCUT2D eigenvalue weighted by Gasteiger charge is -2.33. The van der Waals surface area contributed by atoms with E-state index in [-0.39, 0.29) is 5.91 Å². The highest BCUT2D eigenvalue weighted by atomic mass is 32.2. The summed E-state index contributed by atoms with van der Waals surface area (Å²) in [6.45, 7) is 7.06. The molecule has 0 aromatic heterocycles. The molecule has 1 fully saturated rings. The van der Waals surface area contributed by atoms with E-state index in [1.165, 1.54) is 5.56 Å². The molecule has 0 saturated carbocycles. The maximum atomic E-state index is 13.2. The lowest BCUT2D eigenvalue weighted by molar-refractivity contribution is -0.114. The highest BCUT2D eigenvalue weighted by Gasteiger charge is 2.29. The number of anilines is 1. The van der Waals surface area contributed by atoms with Crippen LogP contribution in [0, 0.1) is 6.92 Å². The number of carbonyl (C=O) groups is 1. The summed E-state index contributed by atoms with van der Waals surface area (Å²) in [5.41, 5.74) is 3.29. The number of carbonyl (C=O) groups excluding carboxylic acids is 1. The van der Waals surface area contributed by atoms with Crippen LogP contribution in [0.1, 0.15) is 11.1 Å². The molecule has 2 heterocycles. The van der Waals surface area contributed by atoms with Gasteiger partial charge in [-0.1, -0.05) is 53.7 Å². The van der Waals surface area contributed by atoms with E-state index in [0.717, 1.165) is 53.9 Å². The van der Waals surface area contributed by atoms with Crippen molar-refractivity contribution < 1.29 is 9.53 Å². The molecule has 0 N–H and O–H groups in total. The zero-order valence-corrected chi connectivity index (χ0v) is 16.4. The zero-order valence-electron chi connectivity index (χ0n) is 15.6. The monoisotopic (exact) mass is 380 g/mol. The van der Waals surface area contributed by atoms with E-state index in [0.29, 0.717) is 6.54 Å². The summed E-state index contributed by atoms with van der Waals surface area (Å²) in [4.78, 5) is 19.4. The quantitative estimate of drug-likeness (QED) is 0.755. The number of rotatable bonds is 4. The molecule has 4 nitrogen and oxygen atoms in total. The summed E-state index contributed by atoms with van der Waals surface area (Å²) < 4.78 is 5.43. The first-order valence-corrected chi connectivity index (χ1v) is 10.2. The maximum absolute atomic E-state index is 13.2. The van der Waals surface area contributed by atoms with Crippen LogP contribution in [0.5, 0.6) is 0 Å². The van der Waals surface area contributed by atoms with Crippen molar-refractivity contribution in [2.75, 3.05) is 44.3 Å². The van der Waals surface area contributed by atoms with Gasteiger partial charge in [0.05, 0.1) is 23.8 Å². The number of nitrogens with zero attached hydrogens (tertiary/aromatic N) is 2. The van der Waals surface area contributed by atoms with E-state index in [2.05, 4.69) is 42.2 Å². The summed E-state index contributed by atoms with van der Waals surface area (Å²) in [6.07, 6.45) is 2.00. The fourth-order valence-corrected chi connectivity index (χ4v) is 4.42. The van der Waals surface area contributed by atoms with Gasteiger partial charge in [0.1, 0.15) is 0 Å². The van der Waals surface area contributed by atoms with E-state index in [1.54, 1.807) is 11.8 Å². The van der Waals surface area contributed by atoms with Crippen molar-refractivity contribution in [1.29, 1.82) is 0 Å². The molecule has 0 aliphatic carbocycles. The lowest BCUT2D eigenvalue weighted by Crippen LogP contribution is -2.44. The second-order valence-electron chi connectivity index (χ2n) is 6.90. The van der Waals surface area contributed by atoms with Gasteiger partial charge in [-0.2, -0.15) is 0 Å². The SMILES string of the molecule is Cc1ccc(C=C2Sc3ccccc3N(CCN3CCOCC3)C2=O)cc1. The van der Waals surface area contributed by atoms with Crippen LogP contribution in [0.2, 0.25) is 0 Å². The maximum Gasteiger partial charge on any atom is 0.265 e. The second-order valence-corrected chi connectivity index (χ2v) is 7.98. The lowest BCUT2D eigenvalue weighted by atomic mass is 10.1. The van der Waals surface area contributed by atoms with Crippen LogP contribution < -0.4 is 4.90 Å². The molecule has 2 aromatic rings. The van der Waals surface area contributed by atoms with Gasteiger partial charge in [0.25, 0.3) is 5.91 Å². The minimum atomic E-state index is 0.0903. The highest BCUT2D eigenvalue weighted by Crippen LogP contribution is 2.41. The molecule has 4 rings (SSSR count). The third kappa shape index (κ3) is 4.26. The molecular formula is C22H24N2O2S. The van der Waals surface area contributed by atoms with Crippen molar-refractivity contribution in [3.63, 3.8) is 0 Å². The van der Waals surface area contributed by atoms with Gasteiger partial charge in [-0.25, -0.2) is 0 Å². The van der Waals surface area contributed by atoms with E-state index in [9.17, 15) is 4.79 Å². The minimum Gasteiger partial charge on any atom is -0.379 e. The van der Waals surface area contributed by atoms with Crippen molar-refractivity contribution in [2.24, 2.45) is 0 Å². The Balaban J connectivity index is 1.58. The molecule has 2 aliphatic heterocycles. The fraction of sp³-hybridized carbons (Fsp3) is 0.318. The van der Waals surface area contributed by atoms with Gasteiger partial charge >= 0.3 is 0 Å². The first-order chi connectivity index (χ1) is 13.2. The van der Waals surface area contributed by atoms with Gasteiger partial charge in [0.2, 0.25) is 0 Å². The first-order valence-electron chi connectivity index (χ1n) is 9.38. The number of fused-ring (bicyclic) bond motifs is 1. The molecule has 0 unspecified atom stereocenters. The van der Waals surface area contributed by atoms with Crippen molar-refractivity contribution in [2.45, 2.75) is 11.8 Å². The van der Waals surface area contributed by atoms with E-state index in [1.807, 2.05) is 29.2 Å². The van der Waals surface area contributed by atoms with Gasteiger partial charge in [0, 0.05) is 31.1 Å². The number of thioether (sulfide) groups is 1. The van der Waals surface area contributed by atoms with Crippen molar-refractivity contribution in [3.05, 3.63) is 64.6 Å². The molecular weight excluding hydrogens is 356 g/mol. The summed E-state index contributed by atoms with van der Waals surface area (Å²) in [5, 5.41) is 0. The third-order valence-electron chi connectivity index (χ3n) is 4.95. The normalized spacial score (nSPS) is 19.4. The molecule has 2 aromatic carbocycles. The number of morpholine rings is 1. The number of ether oxygens (including phenoxy) is 1. The van der Waals surface area contributed by atoms with Gasteiger partial charge in [0.15, 0.2) is 0 Å². The van der Waals surface area contributed by atoms with Gasteiger partial charge in [-0.15, -0.1) is 0 Å².